The number of hydrogen-bond acceptors (Lipinski definition) is 6. The number of nitrogens with zero attached hydrogens (tertiary/aromatic N) is 3. The average Bonchev–Trinajstić information content (AvgIpc) is 3.03. The SMILES string of the molecule is COc1ccc2c(c1)C(N1CCN(C(=O)COc3ccccc3)[C@H](C)C1)=Nc1ccc(C)cc1O2. The molecule has 2 aliphatic heterocycles. The average molecular weight is 472 g/mol. The van der Waals surface area contributed by atoms with Crippen LogP contribution in [0.3, 0.4) is 0 Å². The van der Waals surface area contributed by atoms with Crippen LogP contribution in [0.2, 0.25) is 0 Å². The topological polar surface area (TPSA) is 63.6 Å². The number of benzene rings is 3. The normalized spacial score (nSPS) is 16.9. The molecule has 3 aromatic carbocycles. The van der Waals surface area contributed by atoms with Crippen molar-refractivity contribution in [2.75, 3.05) is 33.4 Å². The molecule has 0 N–H and O–H groups in total. The highest BCUT2D eigenvalue weighted by Crippen LogP contribution is 2.40. The van der Waals surface area contributed by atoms with E-state index in [1.807, 2.05) is 78.6 Å². The molecule has 1 fully saturated rings. The van der Waals surface area contributed by atoms with E-state index in [2.05, 4.69) is 11.8 Å². The summed E-state index contributed by atoms with van der Waals surface area (Å²) in [7, 11) is 1.65. The van der Waals surface area contributed by atoms with Crippen molar-refractivity contribution in [3.63, 3.8) is 0 Å². The van der Waals surface area contributed by atoms with Crippen molar-refractivity contribution in [2.45, 2.75) is 19.9 Å². The molecule has 0 saturated carbocycles. The van der Waals surface area contributed by atoms with Crippen LogP contribution in [-0.2, 0) is 4.79 Å². The van der Waals surface area contributed by atoms with Crippen molar-refractivity contribution in [1.82, 2.24) is 9.80 Å². The number of rotatable bonds is 4. The summed E-state index contributed by atoms with van der Waals surface area (Å²) in [6, 6.07) is 21.2. The zero-order valence-electron chi connectivity index (χ0n) is 20.2. The Kier molecular flexibility index (Phi) is 6.31. The molecule has 2 aliphatic rings. The van der Waals surface area contributed by atoms with Crippen molar-refractivity contribution in [3.05, 3.63) is 77.9 Å². The van der Waals surface area contributed by atoms with Gasteiger partial charge in [0.05, 0.1) is 12.7 Å². The number of piperazine rings is 1. The van der Waals surface area contributed by atoms with Crippen LogP contribution >= 0.6 is 0 Å². The minimum atomic E-state index is -0.0185. The first-order valence-electron chi connectivity index (χ1n) is 11.8. The van der Waals surface area contributed by atoms with Gasteiger partial charge in [0.15, 0.2) is 12.4 Å². The van der Waals surface area contributed by atoms with Gasteiger partial charge in [0.25, 0.3) is 5.91 Å². The molecule has 2 heterocycles. The quantitative estimate of drug-likeness (QED) is 0.547. The molecule has 1 amide bonds. The predicted octanol–water partition coefficient (Wildman–Crippen LogP) is 4.80. The first-order valence-corrected chi connectivity index (χ1v) is 11.8. The third-order valence-electron chi connectivity index (χ3n) is 6.34. The molecule has 180 valence electrons. The van der Waals surface area contributed by atoms with E-state index >= 15 is 0 Å². The van der Waals surface area contributed by atoms with Gasteiger partial charge in [-0.25, -0.2) is 4.99 Å². The van der Waals surface area contributed by atoms with Crippen molar-refractivity contribution in [1.29, 1.82) is 0 Å². The van der Waals surface area contributed by atoms with E-state index in [0.29, 0.717) is 25.4 Å². The molecule has 7 heteroatoms. The number of carbonyl (C=O) groups excluding carboxylic acids is 1. The van der Waals surface area contributed by atoms with E-state index < -0.39 is 0 Å². The second-order valence-electron chi connectivity index (χ2n) is 8.85. The fourth-order valence-electron chi connectivity index (χ4n) is 4.49. The number of amidine groups is 1. The third kappa shape index (κ3) is 4.80. The van der Waals surface area contributed by atoms with Gasteiger partial charge in [-0.05, 0) is 61.9 Å². The Morgan fingerprint density at radius 2 is 1.86 bits per heavy atom. The van der Waals surface area contributed by atoms with Gasteiger partial charge >= 0.3 is 0 Å². The van der Waals surface area contributed by atoms with Crippen molar-refractivity contribution in [3.8, 4) is 23.0 Å². The zero-order chi connectivity index (χ0) is 24.4. The van der Waals surface area contributed by atoms with E-state index in [1.165, 1.54) is 0 Å². The van der Waals surface area contributed by atoms with Crippen LogP contribution in [0.5, 0.6) is 23.0 Å². The van der Waals surface area contributed by atoms with Crippen molar-refractivity contribution >= 4 is 17.4 Å². The summed E-state index contributed by atoms with van der Waals surface area (Å²) < 4.78 is 17.5. The number of fused-ring (bicyclic) bond motifs is 2. The summed E-state index contributed by atoms with van der Waals surface area (Å²) in [5.41, 5.74) is 2.76. The molecule has 0 spiro atoms. The second-order valence-corrected chi connectivity index (χ2v) is 8.85. The maximum atomic E-state index is 12.9. The van der Waals surface area contributed by atoms with Crippen LogP contribution < -0.4 is 14.2 Å². The van der Waals surface area contributed by atoms with Gasteiger partial charge in [0.2, 0.25) is 0 Å². The maximum absolute atomic E-state index is 12.9. The van der Waals surface area contributed by atoms with Gasteiger partial charge in [-0.3, -0.25) is 4.79 Å². The molecule has 3 aromatic rings. The highest BCUT2D eigenvalue weighted by Gasteiger charge is 2.32. The molecule has 0 unspecified atom stereocenters. The predicted molar refractivity (Wildman–Crippen MR) is 135 cm³/mol. The minimum Gasteiger partial charge on any atom is -0.497 e. The number of ether oxygens (including phenoxy) is 3. The summed E-state index contributed by atoms with van der Waals surface area (Å²) >= 11 is 0. The smallest absolute Gasteiger partial charge is 0.260 e. The lowest BCUT2D eigenvalue weighted by atomic mass is 10.1. The highest BCUT2D eigenvalue weighted by molar-refractivity contribution is 6.04. The standard InChI is InChI=1S/C28H29N3O4/c1-19-9-11-24-26(15-19)35-25-12-10-22(33-3)16-23(25)28(29-24)30-13-14-31(20(2)17-30)27(32)18-34-21-7-5-4-6-8-21/h4-12,15-16,20H,13-14,17-18H2,1-3H3/t20-/m1/s1. The Labute approximate surface area is 205 Å². The van der Waals surface area contributed by atoms with Gasteiger partial charge in [0.1, 0.15) is 28.8 Å². The maximum Gasteiger partial charge on any atom is 0.260 e. The Hall–Kier alpha value is -4.00. The largest absolute Gasteiger partial charge is 0.497 e. The van der Waals surface area contributed by atoms with Crippen LogP contribution in [0, 0.1) is 6.92 Å². The molecule has 7 nitrogen and oxygen atoms in total. The Balaban J connectivity index is 1.38. The van der Waals surface area contributed by atoms with Crippen molar-refractivity contribution in [2.24, 2.45) is 4.99 Å². The summed E-state index contributed by atoms with van der Waals surface area (Å²) in [5.74, 6) is 3.69. The van der Waals surface area contributed by atoms with Gasteiger partial charge in [-0.1, -0.05) is 24.3 Å². The number of methoxy groups -OCH3 is 1. The Morgan fingerprint density at radius 3 is 2.63 bits per heavy atom. The zero-order valence-corrected chi connectivity index (χ0v) is 20.2. The van der Waals surface area contributed by atoms with E-state index in [0.717, 1.165) is 39.9 Å². The van der Waals surface area contributed by atoms with E-state index in [4.69, 9.17) is 19.2 Å². The number of para-hydroxylation sites is 1. The van der Waals surface area contributed by atoms with E-state index in [-0.39, 0.29) is 18.6 Å². The van der Waals surface area contributed by atoms with Gasteiger partial charge in [-0.2, -0.15) is 0 Å². The number of aryl methyl sites for hydroxylation is 1. The molecule has 0 radical (unpaired) electrons. The second kappa shape index (κ2) is 9.70. The molecule has 0 aliphatic carbocycles. The molecular formula is C28H29N3O4. The van der Waals surface area contributed by atoms with Crippen LogP contribution in [0.15, 0.2) is 71.7 Å². The van der Waals surface area contributed by atoms with E-state index in [1.54, 1.807) is 7.11 Å². The Bertz CT molecular complexity index is 1260. The van der Waals surface area contributed by atoms with Crippen LogP contribution in [-0.4, -0.2) is 60.9 Å². The van der Waals surface area contributed by atoms with Crippen molar-refractivity contribution < 1.29 is 19.0 Å². The summed E-state index contributed by atoms with van der Waals surface area (Å²) in [6.45, 7) is 6.00. The first kappa shape index (κ1) is 22.8. The van der Waals surface area contributed by atoms with E-state index in [9.17, 15) is 4.79 Å². The monoisotopic (exact) mass is 471 g/mol. The number of carbonyl (C=O) groups is 1. The number of hydrogen-bond donors (Lipinski definition) is 0. The van der Waals surface area contributed by atoms with Gasteiger partial charge < -0.3 is 24.0 Å². The lowest BCUT2D eigenvalue weighted by Gasteiger charge is -2.41. The van der Waals surface area contributed by atoms with Gasteiger partial charge in [0, 0.05) is 25.7 Å². The lowest BCUT2D eigenvalue weighted by Crippen LogP contribution is -2.56. The summed E-state index contributed by atoms with van der Waals surface area (Å²) in [6.07, 6.45) is 0. The number of amides is 1. The Morgan fingerprint density at radius 1 is 1.03 bits per heavy atom. The molecular weight excluding hydrogens is 442 g/mol. The van der Waals surface area contributed by atoms with Crippen LogP contribution in [0.1, 0.15) is 18.1 Å². The molecule has 35 heavy (non-hydrogen) atoms. The summed E-state index contributed by atoms with van der Waals surface area (Å²) in [4.78, 5) is 22.1. The molecule has 5 rings (SSSR count). The van der Waals surface area contributed by atoms with Crippen LogP contribution in [0.4, 0.5) is 5.69 Å². The van der Waals surface area contributed by atoms with Crippen LogP contribution in [0.25, 0.3) is 0 Å². The molecule has 1 atom stereocenters. The number of aliphatic imine (C=N–C) groups is 1. The fourth-order valence-corrected chi connectivity index (χ4v) is 4.49. The first-order chi connectivity index (χ1) is 17.0. The molecule has 1 saturated heterocycles. The minimum absolute atomic E-state index is 0.00552. The lowest BCUT2D eigenvalue weighted by molar-refractivity contribution is -0.137. The summed E-state index contributed by atoms with van der Waals surface area (Å²) in [5, 5.41) is 0. The molecule has 0 bridgehead atoms. The molecule has 0 aromatic heterocycles. The third-order valence-corrected chi connectivity index (χ3v) is 6.34. The van der Waals surface area contributed by atoms with Gasteiger partial charge in [-0.15, -0.1) is 0 Å². The highest BCUT2D eigenvalue weighted by atomic mass is 16.5. The fraction of sp³-hybridized carbons (Fsp3) is 0.286.